The quantitative estimate of drug-likeness (QED) is 0.677. The second-order valence-electron chi connectivity index (χ2n) is 4.45. The van der Waals surface area contributed by atoms with E-state index in [1.54, 1.807) is 19.9 Å². The molecule has 1 unspecified atom stereocenters. The molecule has 110 valence electrons. The van der Waals surface area contributed by atoms with Crippen molar-refractivity contribution in [3.05, 3.63) is 23.0 Å². The lowest BCUT2D eigenvalue weighted by Gasteiger charge is -2.18. The molecule has 0 aliphatic rings. The highest BCUT2D eigenvalue weighted by atomic mass is 16.5. The second kappa shape index (κ2) is 6.85. The van der Waals surface area contributed by atoms with Gasteiger partial charge in [-0.05, 0) is 19.9 Å². The third kappa shape index (κ3) is 3.92. The third-order valence-electron chi connectivity index (χ3n) is 2.81. The van der Waals surface area contributed by atoms with Crippen LogP contribution < -0.4 is 11.1 Å². The SMILES string of the molecule is COCCC(Nc1cc(C)nc(C)c1C(N)=O)C(=O)O. The number of carbonyl (C=O) groups is 2. The lowest BCUT2D eigenvalue weighted by Crippen LogP contribution is -2.32. The van der Waals surface area contributed by atoms with Crippen molar-refractivity contribution in [3.8, 4) is 0 Å². The summed E-state index contributed by atoms with van der Waals surface area (Å²) in [7, 11) is 1.49. The number of ether oxygens (including phenoxy) is 1. The number of hydrogen-bond donors (Lipinski definition) is 3. The monoisotopic (exact) mass is 281 g/mol. The smallest absolute Gasteiger partial charge is 0.326 e. The Morgan fingerprint density at radius 2 is 2.15 bits per heavy atom. The highest BCUT2D eigenvalue weighted by molar-refractivity contribution is 6.00. The number of hydrogen-bond acceptors (Lipinski definition) is 5. The fourth-order valence-electron chi connectivity index (χ4n) is 1.93. The van der Waals surface area contributed by atoms with Gasteiger partial charge in [0.05, 0.1) is 16.9 Å². The van der Waals surface area contributed by atoms with Gasteiger partial charge in [-0.15, -0.1) is 0 Å². The average Bonchev–Trinajstić information content (AvgIpc) is 2.32. The molecule has 1 amide bonds. The molecule has 0 saturated carbocycles. The van der Waals surface area contributed by atoms with Gasteiger partial charge in [0.15, 0.2) is 0 Å². The first-order valence-electron chi connectivity index (χ1n) is 6.13. The number of aromatic nitrogens is 1. The number of nitrogens with two attached hydrogens (primary N) is 1. The standard InChI is InChI=1S/C13H19N3O4/c1-7-6-10(11(12(14)17)8(2)15-7)16-9(13(18)19)4-5-20-3/h6,9H,4-5H2,1-3H3,(H2,14,17)(H,15,16)(H,18,19). The predicted octanol–water partition coefficient (Wildman–Crippen LogP) is 0.699. The number of carbonyl (C=O) groups excluding carboxylic acids is 1. The summed E-state index contributed by atoms with van der Waals surface area (Å²) in [4.78, 5) is 26.9. The van der Waals surface area contributed by atoms with Crippen molar-refractivity contribution in [1.82, 2.24) is 4.98 Å². The van der Waals surface area contributed by atoms with Gasteiger partial charge < -0.3 is 20.9 Å². The van der Waals surface area contributed by atoms with Crippen molar-refractivity contribution < 1.29 is 19.4 Å². The van der Waals surface area contributed by atoms with Gasteiger partial charge in [-0.1, -0.05) is 0 Å². The maximum absolute atomic E-state index is 11.5. The molecular formula is C13H19N3O4. The molecule has 1 rings (SSSR count). The van der Waals surface area contributed by atoms with E-state index in [0.717, 1.165) is 0 Å². The molecule has 1 heterocycles. The van der Waals surface area contributed by atoms with Crippen LogP contribution in [0.5, 0.6) is 0 Å². The Morgan fingerprint density at radius 1 is 1.50 bits per heavy atom. The summed E-state index contributed by atoms with van der Waals surface area (Å²) in [6.07, 6.45) is 0.268. The lowest BCUT2D eigenvalue weighted by atomic mass is 10.1. The fraction of sp³-hybridized carbons (Fsp3) is 0.462. The first-order valence-corrected chi connectivity index (χ1v) is 6.13. The van der Waals surface area contributed by atoms with E-state index in [-0.39, 0.29) is 12.0 Å². The summed E-state index contributed by atoms with van der Waals surface area (Å²) in [6, 6.07) is 0.741. The van der Waals surface area contributed by atoms with Crippen molar-refractivity contribution in [3.63, 3.8) is 0 Å². The van der Waals surface area contributed by atoms with Crippen LogP contribution in [-0.2, 0) is 9.53 Å². The summed E-state index contributed by atoms with van der Waals surface area (Å²) < 4.78 is 4.88. The van der Waals surface area contributed by atoms with Crippen molar-refractivity contribution in [2.45, 2.75) is 26.3 Å². The summed E-state index contributed by atoms with van der Waals surface area (Å²) in [5.74, 6) is -1.67. The van der Waals surface area contributed by atoms with Crippen LogP contribution in [0.25, 0.3) is 0 Å². The number of aliphatic carboxylic acids is 1. The molecule has 7 heteroatoms. The number of amides is 1. The Bertz CT molecular complexity index is 517. The molecule has 7 nitrogen and oxygen atoms in total. The number of aryl methyl sites for hydroxylation is 2. The molecule has 0 spiro atoms. The summed E-state index contributed by atoms with van der Waals surface area (Å²) in [5.41, 5.74) is 7.06. The molecule has 1 aromatic heterocycles. The number of carboxylic acids is 1. The maximum Gasteiger partial charge on any atom is 0.326 e. The molecule has 0 aliphatic carbocycles. The number of nitrogens with zero attached hydrogens (tertiary/aromatic N) is 1. The van der Waals surface area contributed by atoms with Gasteiger partial charge in [-0.3, -0.25) is 9.78 Å². The molecule has 0 bridgehead atoms. The number of methoxy groups -OCH3 is 1. The van der Waals surface area contributed by atoms with E-state index in [1.165, 1.54) is 7.11 Å². The Balaban J connectivity index is 3.11. The van der Waals surface area contributed by atoms with E-state index in [0.29, 0.717) is 23.7 Å². The number of primary amides is 1. The Hall–Kier alpha value is -2.15. The van der Waals surface area contributed by atoms with Gasteiger partial charge >= 0.3 is 5.97 Å². The normalized spacial score (nSPS) is 11.9. The third-order valence-corrected chi connectivity index (χ3v) is 2.81. The summed E-state index contributed by atoms with van der Waals surface area (Å²) in [6.45, 7) is 3.70. The van der Waals surface area contributed by atoms with Crippen LogP contribution in [0.3, 0.4) is 0 Å². The molecule has 0 saturated heterocycles. The summed E-state index contributed by atoms with van der Waals surface area (Å²) in [5, 5.41) is 12.0. The minimum atomic E-state index is -1.02. The van der Waals surface area contributed by atoms with Gasteiger partial charge in [-0.2, -0.15) is 0 Å². The first-order chi connectivity index (χ1) is 9.36. The van der Waals surface area contributed by atoms with Crippen LogP contribution in [0.2, 0.25) is 0 Å². The minimum absolute atomic E-state index is 0.208. The largest absolute Gasteiger partial charge is 0.480 e. The molecular weight excluding hydrogens is 262 g/mol. The summed E-state index contributed by atoms with van der Waals surface area (Å²) >= 11 is 0. The zero-order valence-corrected chi connectivity index (χ0v) is 11.8. The van der Waals surface area contributed by atoms with E-state index in [9.17, 15) is 14.7 Å². The van der Waals surface area contributed by atoms with Crippen LogP contribution in [0, 0.1) is 13.8 Å². The van der Waals surface area contributed by atoms with Crippen molar-refractivity contribution in [2.24, 2.45) is 5.73 Å². The van der Waals surface area contributed by atoms with E-state index in [4.69, 9.17) is 10.5 Å². The Labute approximate surface area is 117 Å². The zero-order chi connectivity index (χ0) is 15.3. The number of carboxylic acid groups (broad SMARTS) is 1. The molecule has 0 fully saturated rings. The van der Waals surface area contributed by atoms with Crippen molar-refractivity contribution in [2.75, 3.05) is 19.0 Å². The Morgan fingerprint density at radius 3 is 2.65 bits per heavy atom. The topological polar surface area (TPSA) is 115 Å². The van der Waals surface area contributed by atoms with Gasteiger partial charge in [0.25, 0.3) is 5.91 Å². The highest BCUT2D eigenvalue weighted by Crippen LogP contribution is 2.20. The maximum atomic E-state index is 11.5. The molecule has 0 aromatic carbocycles. The minimum Gasteiger partial charge on any atom is -0.480 e. The van der Waals surface area contributed by atoms with E-state index in [1.807, 2.05) is 0 Å². The average molecular weight is 281 g/mol. The number of rotatable bonds is 7. The van der Waals surface area contributed by atoms with Crippen LogP contribution in [0.15, 0.2) is 6.07 Å². The number of pyridine rings is 1. The van der Waals surface area contributed by atoms with E-state index >= 15 is 0 Å². The fourth-order valence-corrected chi connectivity index (χ4v) is 1.93. The van der Waals surface area contributed by atoms with Gasteiger partial charge in [0.1, 0.15) is 6.04 Å². The zero-order valence-electron chi connectivity index (χ0n) is 11.8. The van der Waals surface area contributed by atoms with E-state index in [2.05, 4.69) is 10.3 Å². The van der Waals surface area contributed by atoms with Crippen LogP contribution in [0.4, 0.5) is 5.69 Å². The van der Waals surface area contributed by atoms with Crippen LogP contribution in [-0.4, -0.2) is 41.7 Å². The van der Waals surface area contributed by atoms with Crippen LogP contribution in [0.1, 0.15) is 28.2 Å². The predicted molar refractivity (Wildman–Crippen MR) is 73.8 cm³/mol. The lowest BCUT2D eigenvalue weighted by molar-refractivity contribution is -0.138. The van der Waals surface area contributed by atoms with E-state index < -0.39 is 17.9 Å². The molecule has 0 radical (unpaired) electrons. The number of anilines is 1. The van der Waals surface area contributed by atoms with Gasteiger partial charge in [-0.25, -0.2) is 4.79 Å². The molecule has 4 N–H and O–H groups in total. The van der Waals surface area contributed by atoms with Gasteiger partial charge in [0.2, 0.25) is 0 Å². The Kier molecular flexibility index (Phi) is 5.45. The highest BCUT2D eigenvalue weighted by Gasteiger charge is 2.21. The van der Waals surface area contributed by atoms with Gasteiger partial charge in [0, 0.05) is 25.8 Å². The second-order valence-corrected chi connectivity index (χ2v) is 4.45. The van der Waals surface area contributed by atoms with Crippen molar-refractivity contribution >= 4 is 17.6 Å². The molecule has 1 aromatic rings. The molecule has 1 atom stereocenters. The molecule has 0 aliphatic heterocycles. The number of nitrogens with one attached hydrogen (secondary N) is 1. The molecule has 20 heavy (non-hydrogen) atoms. The van der Waals surface area contributed by atoms with Crippen molar-refractivity contribution in [1.29, 1.82) is 0 Å². The van der Waals surface area contributed by atoms with Crippen LogP contribution >= 0.6 is 0 Å². The first kappa shape index (κ1) is 15.9.